The molecule has 0 saturated heterocycles. The van der Waals surface area contributed by atoms with E-state index in [2.05, 4.69) is 45.2 Å². The lowest BCUT2D eigenvalue weighted by molar-refractivity contribution is 0.239. The van der Waals surface area contributed by atoms with Crippen molar-refractivity contribution in [1.29, 1.82) is 0 Å². The van der Waals surface area contributed by atoms with E-state index >= 15 is 0 Å². The number of hydrogen-bond donors (Lipinski definition) is 3. The first-order chi connectivity index (χ1) is 13.7. The molecule has 0 fully saturated rings. The Labute approximate surface area is 168 Å². The average molecular weight is 396 g/mol. The van der Waals surface area contributed by atoms with E-state index in [0.717, 1.165) is 24.2 Å². The standard InChI is InChI=1S/C21H22ClN5O/c22-19-6-3-7-20(27-9-8-23-14-27)18(19)13-26-21(28)25-12-17-10-15-4-1-2-5-16(15)11-24-17/h1-9,14,17,24H,10-13H2,(H2,25,26,28). The number of imidazole rings is 1. The zero-order valence-electron chi connectivity index (χ0n) is 15.4. The predicted molar refractivity (Wildman–Crippen MR) is 110 cm³/mol. The van der Waals surface area contributed by atoms with E-state index in [-0.39, 0.29) is 12.1 Å². The molecule has 1 atom stereocenters. The van der Waals surface area contributed by atoms with Crippen molar-refractivity contribution in [2.24, 2.45) is 0 Å². The first-order valence-electron chi connectivity index (χ1n) is 9.28. The summed E-state index contributed by atoms with van der Waals surface area (Å²) < 4.78 is 1.88. The first-order valence-corrected chi connectivity index (χ1v) is 9.66. The molecule has 3 aromatic rings. The van der Waals surface area contributed by atoms with Gasteiger partial charge in [0, 0.05) is 48.7 Å². The Bertz CT molecular complexity index is 957. The van der Waals surface area contributed by atoms with Crippen LogP contribution in [0.2, 0.25) is 5.02 Å². The summed E-state index contributed by atoms with van der Waals surface area (Å²) in [7, 11) is 0. The minimum absolute atomic E-state index is 0.211. The molecule has 1 aliphatic rings. The van der Waals surface area contributed by atoms with Crippen molar-refractivity contribution in [2.75, 3.05) is 6.54 Å². The molecule has 1 aliphatic heterocycles. The van der Waals surface area contributed by atoms with Crippen LogP contribution in [0.15, 0.2) is 61.2 Å². The maximum atomic E-state index is 12.3. The molecule has 1 unspecified atom stereocenters. The van der Waals surface area contributed by atoms with Crippen LogP contribution in [0.25, 0.3) is 5.69 Å². The second-order valence-corrected chi connectivity index (χ2v) is 7.23. The van der Waals surface area contributed by atoms with Gasteiger partial charge in [-0.15, -0.1) is 0 Å². The molecule has 2 amide bonds. The SMILES string of the molecule is O=C(NCc1c(Cl)cccc1-n1ccnc1)NCC1Cc2ccccc2CN1. The number of urea groups is 1. The molecule has 7 heteroatoms. The molecular weight excluding hydrogens is 374 g/mol. The van der Waals surface area contributed by atoms with Gasteiger partial charge < -0.3 is 20.5 Å². The Morgan fingerprint density at radius 1 is 1.18 bits per heavy atom. The van der Waals surface area contributed by atoms with E-state index in [1.807, 2.05) is 29.0 Å². The van der Waals surface area contributed by atoms with Gasteiger partial charge in [0.1, 0.15) is 0 Å². The summed E-state index contributed by atoms with van der Waals surface area (Å²) in [5.41, 5.74) is 4.42. The summed E-state index contributed by atoms with van der Waals surface area (Å²) >= 11 is 6.36. The van der Waals surface area contributed by atoms with Crippen LogP contribution in [0.5, 0.6) is 0 Å². The van der Waals surface area contributed by atoms with Crippen molar-refractivity contribution in [3.63, 3.8) is 0 Å². The van der Waals surface area contributed by atoms with E-state index in [1.165, 1.54) is 11.1 Å². The summed E-state index contributed by atoms with van der Waals surface area (Å²) in [5, 5.41) is 9.93. The summed E-state index contributed by atoms with van der Waals surface area (Å²) in [5.74, 6) is 0. The van der Waals surface area contributed by atoms with Gasteiger partial charge in [-0.25, -0.2) is 9.78 Å². The highest BCUT2D eigenvalue weighted by Gasteiger charge is 2.18. The van der Waals surface area contributed by atoms with Crippen LogP contribution in [0, 0.1) is 0 Å². The van der Waals surface area contributed by atoms with Crippen molar-refractivity contribution in [3.8, 4) is 5.69 Å². The lowest BCUT2D eigenvalue weighted by Gasteiger charge is -2.26. The molecule has 2 heterocycles. The van der Waals surface area contributed by atoms with E-state index in [9.17, 15) is 4.79 Å². The fourth-order valence-electron chi connectivity index (χ4n) is 3.48. The second kappa shape index (κ2) is 8.46. The molecule has 2 aromatic carbocycles. The van der Waals surface area contributed by atoms with Gasteiger partial charge in [-0.2, -0.15) is 0 Å². The van der Waals surface area contributed by atoms with Crippen LogP contribution < -0.4 is 16.0 Å². The predicted octanol–water partition coefficient (Wildman–Crippen LogP) is 3.04. The van der Waals surface area contributed by atoms with Crippen LogP contribution in [-0.2, 0) is 19.5 Å². The van der Waals surface area contributed by atoms with Crippen molar-refractivity contribution in [3.05, 3.63) is 82.9 Å². The average Bonchev–Trinajstić information content (AvgIpc) is 3.25. The number of fused-ring (bicyclic) bond motifs is 1. The summed E-state index contributed by atoms with van der Waals surface area (Å²) in [6, 6.07) is 14.1. The molecule has 144 valence electrons. The van der Waals surface area contributed by atoms with Gasteiger partial charge in [-0.1, -0.05) is 41.9 Å². The van der Waals surface area contributed by atoms with E-state index in [1.54, 1.807) is 12.5 Å². The van der Waals surface area contributed by atoms with Gasteiger partial charge in [0.05, 0.1) is 12.0 Å². The number of halogens is 1. The Kier molecular flexibility index (Phi) is 5.60. The van der Waals surface area contributed by atoms with Crippen molar-refractivity contribution >= 4 is 17.6 Å². The third-order valence-electron chi connectivity index (χ3n) is 4.98. The largest absolute Gasteiger partial charge is 0.337 e. The molecule has 0 spiro atoms. The number of nitrogens with zero attached hydrogens (tertiary/aromatic N) is 2. The second-order valence-electron chi connectivity index (χ2n) is 6.82. The Balaban J connectivity index is 1.32. The van der Waals surface area contributed by atoms with Crippen LogP contribution in [0.4, 0.5) is 4.79 Å². The minimum Gasteiger partial charge on any atom is -0.337 e. The molecule has 4 rings (SSSR count). The molecule has 0 aliphatic carbocycles. The molecule has 0 bridgehead atoms. The van der Waals surface area contributed by atoms with Gasteiger partial charge in [0.2, 0.25) is 0 Å². The van der Waals surface area contributed by atoms with E-state index in [0.29, 0.717) is 18.1 Å². The van der Waals surface area contributed by atoms with Gasteiger partial charge in [-0.3, -0.25) is 0 Å². The number of nitrogens with one attached hydrogen (secondary N) is 3. The number of aromatic nitrogens is 2. The fourth-order valence-corrected chi connectivity index (χ4v) is 3.71. The van der Waals surface area contributed by atoms with Gasteiger partial charge in [-0.05, 0) is 29.7 Å². The molecule has 0 radical (unpaired) electrons. The maximum Gasteiger partial charge on any atom is 0.315 e. The number of hydrogen-bond acceptors (Lipinski definition) is 3. The highest BCUT2D eigenvalue weighted by Crippen LogP contribution is 2.23. The monoisotopic (exact) mass is 395 g/mol. The van der Waals surface area contributed by atoms with Gasteiger partial charge in [0.25, 0.3) is 0 Å². The van der Waals surface area contributed by atoms with E-state index < -0.39 is 0 Å². The molecule has 3 N–H and O–H groups in total. The first kappa shape index (κ1) is 18.5. The minimum atomic E-state index is -0.211. The molecule has 1 aromatic heterocycles. The zero-order chi connectivity index (χ0) is 19.3. The fraction of sp³-hybridized carbons (Fsp3) is 0.238. The summed E-state index contributed by atoms with van der Waals surface area (Å²) in [6.07, 6.45) is 6.18. The number of benzene rings is 2. The highest BCUT2D eigenvalue weighted by atomic mass is 35.5. The van der Waals surface area contributed by atoms with Crippen LogP contribution in [0.1, 0.15) is 16.7 Å². The molecule has 28 heavy (non-hydrogen) atoms. The lowest BCUT2D eigenvalue weighted by atomic mass is 9.96. The smallest absolute Gasteiger partial charge is 0.315 e. The third kappa shape index (κ3) is 4.18. The number of amides is 2. The topological polar surface area (TPSA) is 71.0 Å². The van der Waals surface area contributed by atoms with Gasteiger partial charge in [0.15, 0.2) is 0 Å². The molecule has 6 nitrogen and oxygen atoms in total. The van der Waals surface area contributed by atoms with Gasteiger partial charge >= 0.3 is 6.03 Å². The quantitative estimate of drug-likeness (QED) is 0.621. The number of rotatable bonds is 5. The maximum absolute atomic E-state index is 12.3. The Morgan fingerprint density at radius 3 is 2.86 bits per heavy atom. The number of carbonyl (C=O) groups is 1. The normalized spacial score (nSPS) is 15.7. The third-order valence-corrected chi connectivity index (χ3v) is 5.33. The van der Waals surface area contributed by atoms with Crippen LogP contribution in [-0.4, -0.2) is 28.2 Å². The Morgan fingerprint density at radius 2 is 2.04 bits per heavy atom. The van der Waals surface area contributed by atoms with Crippen molar-refractivity contribution in [2.45, 2.75) is 25.6 Å². The Hall–Kier alpha value is -2.83. The van der Waals surface area contributed by atoms with Crippen molar-refractivity contribution < 1.29 is 4.79 Å². The summed E-state index contributed by atoms with van der Waals surface area (Å²) in [6.45, 7) is 1.73. The lowest BCUT2D eigenvalue weighted by Crippen LogP contribution is -2.47. The zero-order valence-corrected chi connectivity index (χ0v) is 16.1. The van der Waals surface area contributed by atoms with Crippen LogP contribution in [0.3, 0.4) is 0 Å². The molecule has 0 saturated carbocycles. The van der Waals surface area contributed by atoms with Crippen LogP contribution >= 0.6 is 11.6 Å². The van der Waals surface area contributed by atoms with Crippen molar-refractivity contribution in [1.82, 2.24) is 25.5 Å². The molecular formula is C21H22ClN5O. The number of carbonyl (C=O) groups excluding carboxylic acids is 1. The summed E-state index contributed by atoms with van der Waals surface area (Å²) in [4.78, 5) is 16.4. The van der Waals surface area contributed by atoms with E-state index in [4.69, 9.17) is 11.6 Å². The highest BCUT2D eigenvalue weighted by molar-refractivity contribution is 6.31.